The Morgan fingerprint density at radius 1 is 1.00 bits per heavy atom. The molecular formula is C14H28N2. The summed E-state index contributed by atoms with van der Waals surface area (Å²) in [6, 6.07) is 1.25. The van der Waals surface area contributed by atoms with Crippen LogP contribution >= 0.6 is 0 Å². The van der Waals surface area contributed by atoms with Crippen molar-refractivity contribution in [2.24, 2.45) is 17.6 Å². The van der Waals surface area contributed by atoms with Gasteiger partial charge >= 0.3 is 0 Å². The summed E-state index contributed by atoms with van der Waals surface area (Å²) in [5.41, 5.74) is 6.11. The maximum absolute atomic E-state index is 6.11. The Bertz CT molecular complexity index is 205. The molecule has 4 unspecified atom stereocenters. The van der Waals surface area contributed by atoms with Crippen LogP contribution in [0.1, 0.15) is 58.3 Å². The van der Waals surface area contributed by atoms with Crippen molar-refractivity contribution < 1.29 is 0 Å². The SMILES string of the molecule is CC1CCCC(NCC2CCCC2N)CC1. The van der Waals surface area contributed by atoms with Crippen LogP contribution in [0.25, 0.3) is 0 Å². The fourth-order valence-electron chi connectivity index (χ4n) is 3.33. The van der Waals surface area contributed by atoms with Gasteiger partial charge in [0.1, 0.15) is 0 Å². The quantitative estimate of drug-likeness (QED) is 0.723. The standard InChI is InChI=1S/C14H28N2/c1-11-4-2-6-13(9-8-11)16-10-12-5-3-7-14(12)15/h11-14,16H,2-10,15H2,1H3. The number of nitrogens with two attached hydrogens (primary N) is 1. The lowest BCUT2D eigenvalue weighted by Crippen LogP contribution is -2.38. The van der Waals surface area contributed by atoms with Crippen LogP contribution < -0.4 is 11.1 Å². The number of nitrogens with one attached hydrogen (secondary N) is 1. The number of hydrogen-bond acceptors (Lipinski definition) is 2. The highest BCUT2D eigenvalue weighted by atomic mass is 14.9. The highest BCUT2D eigenvalue weighted by Crippen LogP contribution is 2.25. The molecule has 0 spiro atoms. The molecule has 0 radical (unpaired) electrons. The molecule has 16 heavy (non-hydrogen) atoms. The third-order valence-corrected chi connectivity index (χ3v) is 4.64. The van der Waals surface area contributed by atoms with E-state index in [1.807, 2.05) is 0 Å². The summed E-state index contributed by atoms with van der Waals surface area (Å²) >= 11 is 0. The van der Waals surface area contributed by atoms with Gasteiger partial charge in [-0.05, 0) is 50.5 Å². The Hall–Kier alpha value is -0.0800. The number of rotatable bonds is 3. The van der Waals surface area contributed by atoms with Crippen molar-refractivity contribution in [3.05, 3.63) is 0 Å². The smallest absolute Gasteiger partial charge is 0.00792 e. The Labute approximate surface area is 100 Å². The Morgan fingerprint density at radius 2 is 1.81 bits per heavy atom. The normalized spacial score (nSPS) is 40.9. The highest BCUT2D eigenvalue weighted by molar-refractivity contribution is 4.83. The molecule has 0 aromatic heterocycles. The molecule has 2 aliphatic rings. The van der Waals surface area contributed by atoms with Gasteiger partial charge in [-0.2, -0.15) is 0 Å². The first kappa shape index (κ1) is 12.4. The van der Waals surface area contributed by atoms with E-state index >= 15 is 0 Å². The molecule has 2 fully saturated rings. The van der Waals surface area contributed by atoms with Crippen molar-refractivity contribution >= 4 is 0 Å². The maximum atomic E-state index is 6.11. The van der Waals surface area contributed by atoms with E-state index in [1.165, 1.54) is 57.9 Å². The summed E-state index contributed by atoms with van der Waals surface area (Å²) in [6.07, 6.45) is 10.9. The molecule has 0 aliphatic heterocycles. The van der Waals surface area contributed by atoms with Gasteiger partial charge in [0.25, 0.3) is 0 Å². The van der Waals surface area contributed by atoms with Gasteiger partial charge in [0.2, 0.25) is 0 Å². The fraction of sp³-hybridized carbons (Fsp3) is 1.00. The third-order valence-electron chi connectivity index (χ3n) is 4.64. The van der Waals surface area contributed by atoms with Crippen LogP contribution in [-0.2, 0) is 0 Å². The minimum atomic E-state index is 0.470. The predicted molar refractivity (Wildman–Crippen MR) is 69.4 cm³/mol. The zero-order valence-electron chi connectivity index (χ0n) is 10.8. The lowest BCUT2D eigenvalue weighted by Gasteiger charge is -2.21. The fourth-order valence-corrected chi connectivity index (χ4v) is 3.33. The second-order valence-corrected chi connectivity index (χ2v) is 6.07. The zero-order chi connectivity index (χ0) is 11.4. The van der Waals surface area contributed by atoms with E-state index in [0.717, 1.165) is 17.9 Å². The maximum Gasteiger partial charge on any atom is 0.00792 e. The topological polar surface area (TPSA) is 38.0 Å². The molecule has 0 amide bonds. The molecule has 2 heteroatoms. The molecule has 0 saturated heterocycles. The molecule has 2 saturated carbocycles. The predicted octanol–water partition coefficient (Wildman–Crippen LogP) is 2.67. The van der Waals surface area contributed by atoms with Crippen LogP contribution in [0.4, 0.5) is 0 Å². The van der Waals surface area contributed by atoms with Crippen LogP contribution in [-0.4, -0.2) is 18.6 Å². The van der Waals surface area contributed by atoms with Crippen LogP contribution in [0, 0.1) is 11.8 Å². The summed E-state index contributed by atoms with van der Waals surface area (Å²) < 4.78 is 0. The van der Waals surface area contributed by atoms with E-state index in [1.54, 1.807) is 0 Å². The largest absolute Gasteiger partial charge is 0.327 e. The molecule has 2 aliphatic carbocycles. The van der Waals surface area contributed by atoms with E-state index in [9.17, 15) is 0 Å². The van der Waals surface area contributed by atoms with Crippen molar-refractivity contribution in [2.45, 2.75) is 70.4 Å². The molecule has 2 rings (SSSR count). The van der Waals surface area contributed by atoms with Gasteiger partial charge in [0, 0.05) is 12.1 Å². The third kappa shape index (κ3) is 3.46. The van der Waals surface area contributed by atoms with Gasteiger partial charge in [-0.3, -0.25) is 0 Å². The van der Waals surface area contributed by atoms with Crippen LogP contribution in [0.5, 0.6) is 0 Å². The Kier molecular flexibility index (Phi) is 4.66. The van der Waals surface area contributed by atoms with Crippen LogP contribution in [0.3, 0.4) is 0 Å². The van der Waals surface area contributed by atoms with Crippen molar-refractivity contribution in [1.82, 2.24) is 5.32 Å². The molecule has 0 aromatic rings. The molecular weight excluding hydrogens is 196 g/mol. The first-order valence-corrected chi connectivity index (χ1v) is 7.24. The van der Waals surface area contributed by atoms with Gasteiger partial charge in [0.15, 0.2) is 0 Å². The summed E-state index contributed by atoms with van der Waals surface area (Å²) in [6.45, 7) is 3.56. The summed E-state index contributed by atoms with van der Waals surface area (Å²) in [4.78, 5) is 0. The minimum absolute atomic E-state index is 0.470. The average molecular weight is 224 g/mol. The molecule has 3 N–H and O–H groups in total. The number of hydrogen-bond donors (Lipinski definition) is 2. The highest BCUT2D eigenvalue weighted by Gasteiger charge is 2.24. The first-order chi connectivity index (χ1) is 7.75. The first-order valence-electron chi connectivity index (χ1n) is 7.24. The average Bonchev–Trinajstić information content (AvgIpc) is 2.55. The Balaban J connectivity index is 1.68. The lowest BCUT2D eigenvalue weighted by atomic mass is 10.0. The van der Waals surface area contributed by atoms with Gasteiger partial charge < -0.3 is 11.1 Å². The van der Waals surface area contributed by atoms with Crippen LogP contribution in [0.15, 0.2) is 0 Å². The summed E-state index contributed by atoms with van der Waals surface area (Å²) in [5, 5.41) is 3.77. The summed E-state index contributed by atoms with van der Waals surface area (Å²) in [7, 11) is 0. The zero-order valence-corrected chi connectivity index (χ0v) is 10.8. The molecule has 0 heterocycles. The second kappa shape index (κ2) is 6.02. The van der Waals surface area contributed by atoms with E-state index in [0.29, 0.717) is 6.04 Å². The monoisotopic (exact) mass is 224 g/mol. The lowest BCUT2D eigenvalue weighted by molar-refractivity contribution is 0.379. The molecule has 0 aromatic carbocycles. The molecule has 4 atom stereocenters. The minimum Gasteiger partial charge on any atom is -0.327 e. The second-order valence-electron chi connectivity index (χ2n) is 6.07. The van der Waals surface area contributed by atoms with E-state index in [-0.39, 0.29) is 0 Å². The molecule has 94 valence electrons. The van der Waals surface area contributed by atoms with Gasteiger partial charge in [-0.15, -0.1) is 0 Å². The van der Waals surface area contributed by atoms with E-state index < -0.39 is 0 Å². The van der Waals surface area contributed by atoms with Gasteiger partial charge in [0.05, 0.1) is 0 Å². The summed E-state index contributed by atoms with van der Waals surface area (Å²) in [5.74, 6) is 1.70. The van der Waals surface area contributed by atoms with E-state index in [4.69, 9.17) is 5.73 Å². The van der Waals surface area contributed by atoms with Crippen molar-refractivity contribution in [1.29, 1.82) is 0 Å². The van der Waals surface area contributed by atoms with Crippen molar-refractivity contribution in [3.63, 3.8) is 0 Å². The Morgan fingerprint density at radius 3 is 2.56 bits per heavy atom. The van der Waals surface area contributed by atoms with Gasteiger partial charge in [-0.1, -0.05) is 26.2 Å². The molecule has 0 bridgehead atoms. The molecule has 2 nitrogen and oxygen atoms in total. The van der Waals surface area contributed by atoms with Crippen molar-refractivity contribution in [2.75, 3.05) is 6.54 Å². The van der Waals surface area contributed by atoms with Crippen LogP contribution in [0.2, 0.25) is 0 Å². The van der Waals surface area contributed by atoms with E-state index in [2.05, 4.69) is 12.2 Å². The van der Waals surface area contributed by atoms with Gasteiger partial charge in [-0.25, -0.2) is 0 Å². The van der Waals surface area contributed by atoms with Crippen molar-refractivity contribution in [3.8, 4) is 0 Å².